The van der Waals surface area contributed by atoms with Crippen molar-refractivity contribution in [2.45, 2.75) is 12.9 Å². The molecule has 0 saturated heterocycles. The van der Waals surface area contributed by atoms with Crippen molar-refractivity contribution >= 4 is 23.0 Å². The van der Waals surface area contributed by atoms with Gasteiger partial charge in [-0.15, -0.1) is 13.2 Å². The molecule has 30 heavy (non-hydrogen) atoms. The Kier molecular flexibility index (Phi) is 6.00. The third-order valence-corrected chi connectivity index (χ3v) is 3.96. The Morgan fingerprint density at radius 3 is 2.37 bits per heavy atom. The molecule has 0 fully saturated rings. The highest BCUT2D eigenvalue weighted by Gasteiger charge is 2.31. The van der Waals surface area contributed by atoms with Gasteiger partial charge in [-0.2, -0.15) is 0 Å². The van der Waals surface area contributed by atoms with E-state index in [0.29, 0.717) is 12.2 Å². The van der Waals surface area contributed by atoms with Crippen LogP contribution in [0.2, 0.25) is 0 Å². The van der Waals surface area contributed by atoms with Crippen molar-refractivity contribution in [2.24, 2.45) is 0 Å². The summed E-state index contributed by atoms with van der Waals surface area (Å²) in [6.07, 6.45) is -3.63. The van der Waals surface area contributed by atoms with Crippen LogP contribution in [0.1, 0.15) is 5.56 Å². The van der Waals surface area contributed by atoms with Crippen LogP contribution in [-0.2, 0) is 6.54 Å². The van der Waals surface area contributed by atoms with Gasteiger partial charge in [0.2, 0.25) is 11.6 Å². The zero-order chi connectivity index (χ0) is 21.7. The first-order valence-electron chi connectivity index (χ1n) is 8.60. The largest absolute Gasteiger partial charge is 0.573 e. The molecule has 1 N–H and O–H groups in total. The molecule has 11 heteroatoms. The number of aromatic nitrogens is 2. The van der Waals surface area contributed by atoms with E-state index in [9.17, 15) is 23.3 Å². The number of benzene rings is 2. The molecule has 0 aliphatic heterocycles. The lowest BCUT2D eigenvalue weighted by Crippen LogP contribution is -2.20. The minimum atomic E-state index is -4.81. The highest BCUT2D eigenvalue weighted by molar-refractivity contribution is 5.74. The van der Waals surface area contributed by atoms with Crippen molar-refractivity contribution in [3.63, 3.8) is 0 Å². The maximum atomic E-state index is 12.3. The molecule has 0 saturated carbocycles. The Morgan fingerprint density at radius 2 is 1.77 bits per heavy atom. The lowest BCUT2D eigenvalue weighted by Gasteiger charge is -2.19. The van der Waals surface area contributed by atoms with E-state index < -0.39 is 17.0 Å². The predicted octanol–water partition coefficient (Wildman–Crippen LogP) is 4.66. The predicted molar refractivity (Wildman–Crippen MR) is 104 cm³/mol. The fourth-order valence-electron chi connectivity index (χ4n) is 2.72. The van der Waals surface area contributed by atoms with Crippen LogP contribution >= 0.6 is 0 Å². The molecule has 156 valence electrons. The van der Waals surface area contributed by atoms with Crippen LogP contribution in [0, 0.1) is 10.1 Å². The summed E-state index contributed by atoms with van der Waals surface area (Å²) in [6.45, 7) is 0.377. The van der Waals surface area contributed by atoms with Gasteiger partial charge < -0.3 is 15.0 Å². The van der Waals surface area contributed by atoms with E-state index in [1.165, 1.54) is 18.5 Å². The van der Waals surface area contributed by atoms with Crippen molar-refractivity contribution in [1.29, 1.82) is 0 Å². The van der Waals surface area contributed by atoms with Gasteiger partial charge in [0.05, 0.1) is 4.92 Å². The second kappa shape index (κ2) is 8.64. The van der Waals surface area contributed by atoms with E-state index in [1.54, 1.807) is 11.9 Å². The molecule has 1 aromatic heterocycles. The molecule has 0 spiro atoms. The molecule has 0 unspecified atom stereocenters. The van der Waals surface area contributed by atoms with Gasteiger partial charge in [0, 0.05) is 19.3 Å². The van der Waals surface area contributed by atoms with E-state index in [2.05, 4.69) is 20.0 Å². The number of nitro groups is 1. The van der Waals surface area contributed by atoms with Crippen LogP contribution in [-0.4, -0.2) is 28.3 Å². The number of hydrogen-bond donors (Lipinski definition) is 1. The summed E-state index contributed by atoms with van der Waals surface area (Å²) >= 11 is 0. The molecule has 0 amide bonds. The fraction of sp³-hybridized carbons (Fsp3) is 0.158. The van der Waals surface area contributed by atoms with Gasteiger partial charge >= 0.3 is 12.0 Å². The van der Waals surface area contributed by atoms with Crippen molar-refractivity contribution in [1.82, 2.24) is 9.97 Å². The second-order valence-corrected chi connectivity index (χ2v) is 6.19. The average molecular weight is 419 g/mol. The van der Waals surface area contributed by atoms with E-state index in [4.69, 9.17) is 0 Å². The molecule has 3 aromatic rings. The summed E-state index contributed by atoms with van der Waals surface area (Å²) in [6, 6.07) is 14.1. The lowest BCUT2D eigenvalue weighted by molar-refractivity contribution is -0.383. The van der Waals surface area contributed by atoms with Gasteiger partial charge in [0.25, 0.3) is 0 Å². The van der Waals surface area contributed by atoms with Crippen molar-refractivity contribution in [3.8, 4) is 5.75 Å². The topological polar surface area (TPSA) is 93.4 Å². The standard InChI is InChI=1S/C19H16F3N5O3/c1-26(11-13-5-3-2-4-6-13)18-16(27(28)29)17(23-12-24-18)25-14-7-9-15(10-8-14)30-19(20,21)22/h2-10,12H,11H2,1H3,(H,23,24,25). The van der Waals surface area contributed by atoms with Crippen LogP contribution in [0.25, 0.3) is 0 Å². The Labute approximate surface area is 169 Å². The number of nitrogens with zero attached hydrogens (tertiary/aromatic N) is 4. The fourth-order valence-corrected chi connectivity index (χ4v) is 2.72. The Balaban J connectivity index is 1.85. The molecule has 0 aliphatic rings. The number of nitrogens with one attached hydrogen (secondary N) is 1. The maximum absolute atomic E-state index is 12.3. The first kappa shape index (κ1) is 20.8. The summed E-state index contributed by atoms with van der Waals surface area (Å²) < 4.78 is 40.6. The van der Waals surface area contributed by atoms with Gasteiger partial charge in [-0.25, -0.2) is 9.97 Å². The van der Waals surface area contributed by atoms with Crippen LogP contribution in [0.15, 0.2) is 60.9 Å². The summed E-state index contributed by atoms with van der Waals surface area (Å²) in [5, 5.41) is 14.5. The lowest BCUT2D eigenvalue weighted by atomic mass is 10.2. The third kappa shape index (κ3) is 5.34. The van der Waals surface area contributed by atoms with Gasteiger partial charge in [-0.3, -0.25) is 10.1 Å². The minimum Gasteiger partial charge on any atom is -0.406 e. The van der Waals surface area contributed by atoms with Gasteiger partial charge in [0.15, 0.2) is 0 Å². The molecular formula is C19H16F3N5O3. The third-order valence-electron chi connectivity index (χ3n) is 3.96. The Bertz CT molecular complexity index is 1010. The van der Waals surface area contributed by atoms with Crippen LogP contribution in [0.3, 0.4) is 0 Å². The molecular weight excluding hydrogens is 403 g/mol. The first-order chi connectivity index (χ1) is 14.2. The number of rotatable bonds is 7. The molecule has 0 atom stereocenters. The van der Waals surface area contributed by atoms with Crippen LogP contribution in [0.5, 0.6) is 5.75 Å². The Morgan fingerprint density at radius 1 is 1.10 bits per heavy atom. The summed E-state index contributed by atoms with van der Waals surface area (Å²) in [7, 11) is 1.66. The second-order valence-electron chi connectivity index (χ2n) is 6.19. The monoisotopic (exact) mass is 419 g/mol. The van der Waals surface area contributed by atoms with E-state index >= 15 is 0 Å². The van der Waals surface area contributed by atoms with Crippen molar-refractivity contribution < 1.29 is 22.8 Å². The molecule has 8 nitrogen and oxygen atoms in total. The van der Waals surface area contributed by atoms with Crippen molar-refractivity contribution in [3.05, 3.63) is 76.6 Å². The highest BCUT2D eigenvalue weighted by Crippen LogP contribution is 2.34. The SMILES string of the molecule is CN(Cc1ccccc1)c1ncnc(Nc2ccc(OC(F)(F)F)cc2)c1[N+](=O)[O-]. The normalized spacial score (nSPS) is 11.1. The number of hydrogen-bond acceptors (Lipinski definition) is 7. The van der Waals surface area contributed by atoms with E-state index in [1.807, 2.05) is 30.3 Å². The molecule has 0 radical (unpaired) electrons. The first-order valence-corrected chi connectivity index (χ1v) is 8.60. The summed E-state index contributed by atoms with van der Waals surface area (Å²) in [4.78, 5) is 20.7. The molecule has 3 rings (SSSR count). The number of ether oxygens (including phenoxy) is 1. The van der Waals surface area contributed by atoms with Gasteiger partial charge in [-0.05, 0) is 29.8 Å². The molecule has 0 aliphatic carbocycles. The maximum Gasteiger partial charge on any atom is 0.573 e. The molecule has 0 bridgehead atoms. The number of alkyl halides is 3. The van der Waals surface area contributed by atoms with Gasteiger partial charge in [0.1, 0.15) is 12.1 Å². The molecule has 1 heterocycles. The summed E-state index contributed by atoms with van der Waals surface area (Å²) in [5.74, 6) is -0.402. The average Bonchev–Trinajstić information content (AvgIpc) is 2.69. The van der Waals surface area contributed by atoms with Crippen molar-refractivity contribution in [2.75, 3.05) is 17.3 Å². The minimum absolute atomic E-state index is 0.0885. The highest BCUT2D eigenvalue weighted by atomic mass is 19.4. The van der Waals surface area contributed by atoms with E-state index in [0.717, 1.165) is 17.7 Å². The quantitative estimate of drug-likeness (QED) is 0.440. The number of halogens is 3. The van der Waals surface area contributed by atoms with Crippen LogP contribution < -0.4 is 15.0 Å². The van der Waals surface area contributed by atoms with Crippen LogP contribution in [0.4, 0.5) is 36.2 Å². The smallest absolute Gasteiger partial charge is 0.406 e. The number of anilines is 3. The van der Waals surface area contributed by atoms with E-state index in [-0.39, 0.29) is 17.3 Å². The summed E-state index contributed by atoms with van der Waals surface area (Å²) in [5.41, 5.74) is 0.872. The Hall–Kier alpha value is -3.89. The zero-order valence-electron chi connectivity index (χ0n) is 15.6. The van der Waals surface area contributed by atoms with Gasteiger partial charge in [-0.1, -0.05) is 30.3 Å². The zero-order valence-corrected chi connectivity index (χ0v) is 15.6. The molecule has 2 aromatic carbocycles.